The fourth-order valence-electron chi connectivity index (χ4n) is 2.53. The van der Waals surface area contributed by atoms with Gasteiger partial charge in [0.05, 0.1) is 19.8 Å². The molecule has 0 atom stereocenters. The number of nitrogens with zero attached hydrogens (tertiary/aromatic N) is 1. The predicted octanol–water partition coefficient (Wildman–Crippen LogP) is 2.29. The third-order valence-corrected chi connectivity index (χ3v) is 3.65. The second-order valence-electron chi connectivity index (χ2n) is 4.80. The third kappa shape index (κ3) is 3.88. The van der Waals surface area contributed by atoms with Crippen LogP contribution in [0.3, 0.4) is 0 Å². The Bertz CT molecular complexity index is 459. The summed E-state index contributed by atoms with van der Waals surface area (Å²) in [6, 6.07) is 5.51. The van der Waals surface area contributed by atoms with E-state index in [4.69, 9.17) is 15.2 Å². The van der Waals surface area contributed by atoms with Crippen LogP contribution < -0.4 is 15.2 Å². The number of para-hydroxylation sites is 1. The highest BCUT2D eigenvalue weighted by atomic mass is 16.5. The number of carbonyl (C=O) groups excluding carboxylic acids is 1. The van der Waals surface area contributed by atoms with Crippen molar-refractivity contribution >= 4 is 5.91 Å². The Labute approximate surface area is 127 Å². The minimum atomic E-state index is -0.0649. The molecule has 0 aromatic heterocycles. The summed E-state index contributed by atoms with van der Waals surface area (Å²) in [7, 11) is 3.10. The van der Waals surface area contributed by atoms with Crippen molar-refractivity contribution in [2.45, 2.75) is 32.7 Å². The molecule has 0 spiro atoms. The summed E-state index contributed by atoms with van der Waals surface area (Å²) in [6.07, 6.45) is 1.79. The summed E-state index contributed by atoms with van der Waals surface area (Å²) in [5.74, 6) is 0.962. The van der Waals surface area contributed by atoms with Gasteiger partial charge < -0.3 is 20.1 Å². The highest BCUT2D eigenvalue weighted by Gasteiger charge is 2.25. The molecule has 1 aromatic carbocycles. The molecule has 5 heteroatoms. The molecule has 2 N–H and O–H groups in total. The lowest BCUT2D eigenvalue weighted by atomic mass is 10.1. The van der Waals surface area contributed by atoms with Crippen molar-refractivity contribution in [3.63, 3.8) is 0 Å². The number of carbonyl (C=O) groups is 1. The minimum absolute atomic E-state index is 0.0649. The molecular formula is C16H26N2O3. The minimum Gasteiger partial charge on any atom is -0.493 e. The lowest BCUT2D eigenvalue weighted by molar-refractivity contribution is 0.0670. The van der Waals surface area contributed by atoms with E-state index >= 15 is 0 Å². The zero-order valence-electron chi connectivity index (χ0n) is 13.4. The van der Waals surface area contributed by atoms with Crippen LogP contribution in [-0.4, -0.2) is 44.2 Å². The number of amides is 1. The molecule has 0 unspecified atom stereocenters. The predicted molar refractivity (Wildman–Crippen MR) is 84.0 cm³/mol. The molecular weight excluding hydrogens is 268 g/mol. The summed E-state index contributed by atoms with van der Waals surface area (Å²) < 4.78 is 10.6. The summed E-state index contributed by atoms with van der Waals surface area (Å²) in [5.41, 5.74) is 6.18. The average molecular weight is 294 g/mol. The van der Waals surface area contributed by atoms with E-state index in [0.29, 0.717) is 30.2 Å². The third-order valence-electron chi connectivity index (χ3n) is 3.65. The zero-order chi connectivity index (χ0) is 15.8. The van der Waals surface area contributed by atoms with Crippen LogP contribution in [0.2, 0.25) is 0 Å². The van der Waals surface area contributed by atoms with E-state index in [1.807, 2.05) is 4.90 Å². The molecule has 0 saturated carbocycles. The average Bonchev–Trinajstić information content (AvgIpc) is 2.53. The van der Waals surface area contributed by atoms with Crippen LogP contribution in [0.4, 0.5) is 0 Å². The highest BCUT2D eigenvalue weighted by molar-refractivity contribution is 5.98. The van der Waals surface area contributed by atoms with Gasteiger partial charge in [-0.1, -0.05) is 19.9 Å². The molecule has 21 heavy (non-hydrogen) atoms. The fraction of sp³-hybridized carbons (Fsp3) is 0.562. The van der Waals surface area contributed by atoms with Crippen molar-refractivity contribution in [1.29, 1.82) is 0 Å². The van der Waals surface area contributed by atoms with Crippen LogP contribution in [0.15, 0.2) is 18.2 Å². The lowest BCUT2D eigenvalue weighted by Gasteiger charge is -2.31. The number of rotatable bonds is 8. The quantitative estimate of drug-likeness (QED) is 0.799. The first-order chi connectivity index (χ1) is 10.1. The molecule has 0 saturated heterocycles. The molecule has 0 fully saturated rings. The Morgan fingerprint density at radius 2 is 1.90 bits per heavy atom. The fourth-order valence-corrected chi connectivity index (χ4v) is 2.53. The van der Waals surface area contributed by atoms with E-state index in [-0.39, 0.29) is 11.9 Å². The first-order valence-electron chi connectivity index (χ1n) is 7.36. The van der Waals surface area contributed by atoms with Crippen LogP contribution in [-0.2, 0) is 0 Å². The molecule has 0 aliphatic heterocycles. The maximum absolute atomic E-state index is 12.9. The second-order valence-corrected chi connectivity index (χ2v) is 4.80. The van der Waals surface area contributed by atoms with E-state index < -0.39 is 0 Å². The number of nitrogens with two attached hydrogens (primary N) is 1. The van der Waals surface area contributed by atoms with Gasteiger partial charge in [-0.15, -0.1) is 0 Å². The largest absolute Gasteiger partial charge is 0.493 e. The lowest BCUT2D eigenvalue weighted by Crippen LogP contribution is -2.42. The van der Waals surface area contributed by atoms with Gasteiger partial charge in [-0.2, -0.15) is 0 Å². The van der Waals surface area contributed by atoms with Crippen LogP contribution in [0.1, 0.15) is 37.0 Å². The van der Waals surface area contributed by atoms with E-state index in [2.05, 4.69) is 13.8 Å². The molecule has 0 bridgehead atoms. The molecule has 118 valence electrons. The second kappa shape index (κ2) is 8.52. The monoisotopic (exact) mass is 294 g/mol. The SMILES string of the molecule is CCC(CC)N(CCN)C(=O)c1cccc(OC)c1OC. The van der Waals surface area contributed by atoms with E-state index in [9.17, 15) is 4.79 Å². The van der Waals surface area contributed by atoms with Crippen LogP contribution >= 0.6 is 0 Å². The molecule has 5 nitrogen and oxygen atoms in total. The molecule has 0 radical (unpaired) electrons. The normalized spacial score (nSPS) is 10.6. The molecule has 0 heterocycles. The van der Waals surface area contributed by atoms with E-state index in [1.54, 1.807) is 32.4 Å². The van der Waals surface area contributed by atoms with Gasteiger partial charge in [0, 0.05) is 19.1 Å². The van der Waals surface area contributed by atoms with E-state index in [0.717, 1.165) is 12.8 Å². The Balaban J connectivity index is 3.20. The van der Waals surface area contributed by atoms with Gasteiger partial charge in [0.25, 0.3) is 5.91 Å². The molecule has 1 rings (SSSR count). The van der Waals surface area contributed by atoms with Crippen LogP contribution in [0.5, 0.6) is 11.5 Å². The van der Waals surface area contributed by atoms with Gasteiger partial charge in [0.1, 0.15) is 0 Å². The topological polar surface area (TPSA) is 64.8 Å². The van der Waals surface area contributed by atoms with Crippen molar-refractivity contribution in [3.05, 3.63) is 23.8 Å². The maximum atomic E-state index is 12.9. The van der Waals surface area contributed by atoms with Crippen LogP contribution in [0.25, 0.3) is 0 Å². The Kier molecular flexibility index (Phi) is 7.02. The first-order valence-corrected chi connectivity index (χ1v) is 7.36. The van der Waals surface area contributed by atoms with Crippen molar-refractivity contribution in [1.82, 2.24) is 4.90 Å². The number of benzene rings is 1. The maximum Gasteiger partial charge on any atom is 0.258 e. The summed E-state index contributed by atoms with van der Waals surface area (Å²) >= 11 is 0. The number of ether oxygens (including phenoxy) is 2. The summed E-state index contributed by atoms with van der Waals surface area (Å²) in [6.45, 7) is 5.13. The van der Waals surface area contributed by atoms with Gasteiger partial charge in [0.2, 0.25) is 0 Å². The summed E-state index contributed by atoms with van der Waals surface area (Å²) in [4.78, 5) is 14.7. The van der Waals surface area contributed by atoms with Crippen molar-refractivity contribution < 1.29 is 14.3 Å². The van der Waals surface area contributed by atoms with Crippen molar-refractivity contribution in [3.8, 4) is 11.5 Å². The molecule has 0 aliphatic carbocycles. The Hall–Kier alpha value is -1.75. The first kappa shape index (κ1) is 17.3. The molecule has 1 amide bonds. The Morgan fingerprint density at radius 3 is 2.38 bits per heavy atom. The number of hydrogen-bond donors (Lipinski definition) is 1. The number of hydrogen-bond acceptors (Lipinski definition) is 4. The van der Waals surface area contributed by atoms with Crippen molar-refractivity contribution in [2.24, 2.45) is 5.73 Å². The van der Waals surface area contributed by atoms with Gasteiger partial charge in [0.15, 0.2) is 11.5 Å². The van der Waals surface area contributed by atoms with Gasteiger partial charge in [-0.05, 0) is 25.0 Å². The van der Waals surface area contributed by atoms with E-state index in [1.165, 1.54) is 0 Å². The smallest absolute Gasteiger partial charge is 0.258 e. The molecule has 0 aliphatic rings. The zero-order valence-corrected chi connectivity index (χ0v) is 13.4. The van der Waals surface area contributed by atoms with Crippen LogP contribution in [0, 0.1) is 0 Å². The van der Waals surface area contributed by atoms with Gasteiger partial charge in [-0.3, -0.25) is 4.79 Å². The van der Waals surface area contributed by atoms with Crippen molar-refractivity contribution in [2.75, 3.05) is 27.3 Å². The standard InChI is InChI=1S/C16H26N2O3/c1-5-12(6-2)18(11-10-17)16(19)13-8-7-9-14(20-3)15(13)21-4/h7-9,12H,5-6,10-11,17H2,1-4H3. The van der Waals surface area contributed by atoms with Gasteiger partial charge >= 0.3 is 0 Å². The molecule has 1 aromatic rings. The number of methoxy groups -OCH3 is 2. The van der Waals surface area contributed by atoms with Gasteiger partial charge in [-0.25, -0.2) is 0 Å². The highest BCUT2D eigenvalue weighted by Crippen LogP contribution is 2.32. The Morgan fingerprint density at radius 1 is 1.24 bits per heavy atom. The summed E-state index contributed by atoms with van der Waals surface area (Å²) in [5, 5.41) is 0.